The molecule has 0 aliphatic rings. The molecular weight excluding hydrogens is 387 g/mol. The molecule has 2 aromatic rings. The lowest BCUT2D eigenvalue weighted by Crippen LogP contribution is -2.49. The van der Waals surface area contributed by atoms with E-state index < -0.39 is 21.8 Å². The van der Waals surface area contributed by atoms with Crippen LogP contribution in [0.1, 0.15) is 27.3 Å². The van der Waals surface area contributed by atoms with Crippen LogP contribution in [0.5, 0.6) is 0 Å². The van der Waals surface area contributed by atoms with Gasteiger partial charge in [-0.25, -0.2) is 21.9 Å². The largest absolute Gasteiger partial charge is 0.477 e. The molecule has 10 heteroatoms. The summed E-state index contributed by atoms with van der Waals surface area (Å²) in [6, 6.07) is 6.20. The van der Waals surface area contributed by atoms with Crippen molar-refractivity contribution in [2.45, 2.75) is 24.8 Å². The Hall–Kier alpha value is -2.56. The molecule has 0 aliphatic carbocycles. The lowest BCUT2D eigenvalue weighted by molar-refractivity contribution is -0.353. The van der Waals surface area contributed by atoms with Crippen LogP contribution in [0.15, 0.2) is 41.1 Å². The molecule has 0 spiro atoms. The molecule has 0 unspecified atom stereocenters. The molecule has 0 radical (unpaired) electrons. The number of aromatic carboxylic acids is 1. The zero-order chi connectivity index (χ0) is 21.1. The third-order valence-corrected chi connectivity index (χ3v) is 6.03. The normalized spacial score (nSPS) is 12.6. The zero-order valence-corrected chi connectivity index (χ0v) is 16.8. The van der Waals surface area contributed by atoms with Crippen LogP contribution in [0, 0.1) is 6.92 Å². The summed E-state index contributed by atoms with van der Waals surface area (Å²) in [7, 11) is -0.648. The van der Waals surface area contributed by atoms with Gasteiger partial charge in [-0.2, -0.15) is 5.10 Å². The molecule has 0 bridgehead atoms. The number of benzene rings is 1. The molecule has 1 aromatic heterocycles. The van der Waals surface area contributed by atoms with Gasteiger partial charge in [0.15, 0.2) is 5.69 Å². The van der Waals surface area contributed by atoms with Crippen LogP contribution in [0.4, 0.5) is 4.39 Å². The number of aromatic nitrogens is 2. The van der Waals surface area contributed by atoms with Crippen LogP contribution in [0.3, 0.4) is 0 Å². The SMILES string of the molecule is Cc1nn(CC(F)=CC[NH3+])c(C(=O)O)c1Cc1ccc(S(=O)(=O)N(C)C)cc1. The Kier molecular flexibility index (Phi) is 6.70. The van der Waals surface area contributed by atoms with Crippen LogP contribution in [0.2, 0.25) is 0 Å². The van der Waals surface area contributed by atoms with Gasteiger partial charge >= 0.3 is 5.97 Å². The van der Waals surface area contributed by atoms with E-state index in [4.69, 9.17) is 0 Å². The lowest BCUT2D eigenvalue weighted by atomic mass is 10.0. The summed E-state index contributed by atoms with van der Waals surface area (Å²) in [5.41, 5.74) is 5.09. The monoisotopic (exact) mass is 411 g/mol. The van der Waals surface area contributed by atoms with Gasteiger partial charge in [0.2, 0.25) is 10.0 Å². The summed E-state index contributed by atoms with van der Waals surface area (Å²) in [6.07, 6.45) is 1.50. The number of allylic oxidation sites excluding steroid dienone is 1. The highest BCUT2D eigenvalue weighted by Crippen LogP contribution is 2.22. The van der Waals surface area contributed by atoms with E-state index in [9.17, 15) is 22.7 Å². The van der Waals surface area contributed by atoms with Crippen LogP contribution >= 0.6 is 0 Å². The maximum absolute atomic E-state index is 13.8. The first-order chi connectivity index (χ1) is 13.1. The number of carboxylic acid groups (broad SMARTS) is 1. The summed E-state index contributed by atoms with van der Waals surface area (Å²) in [4.78, 5) is 11.9. The minimum Gasteiger partial charge on any atom is -0.477 e. The second-order valence-electron chi connectivity index (χ2n) is 6.42. The number of rotatable bonds is 8. The van der Waals surface area contributed by atoms with Gasteiger partial charge in [-0.15, -0.1) is 0 Å². The van der Waals surface area contributed by atoms with Gasteiger partial charge in [-0.1, -0.05) is 12.1 Å². The van der Waals surface area contributed by atoms with Gasteiger partial charge in [-0.3, -0.25) is 4.68 Å². The predicted molar refractivity (Wildman–Crippen MR) is 101 cm³/mol. The molecule has 0 amide bonds. The molecule has 0 saturated carbocycles. The van der Waals surface area contributed by atoms with Crippen molar-refractivity contribution < 1.29 is 28.4 Å². The van der Waals surface area contributed by atoms with Gasteiger partial charge in [0.05, 0.1) is 23.7 Å². The van der Waals surface area contributed by atoms with E-state index in [-0.39, 0.29) is 30.1 Å². The molecule has 28 heavy (non-hydrogen) atoms. The number of halogens is 1. The van der Waals surface area contributed by atoms with E-state index in [1.54, 1.807) is 19.1 Å². The van der Waals surface area contributed by atoms with Crippen LogP contribution in [-0.4, -0.2) is 54.2 Å². The van der Waals surface area contributed by atoms with Gasteiger partial charge in [-0.05, 0) is 24.6 Å². The highest BCUT2D eigenvalue weighted by molar-refractivity contribution is 7.89. The fraction of sp³-hybridized carbons (Fsp3) is 0.333. The van der Waals surface area contributed by atoms with E-state index >= 15 is 0 Å². The predicted octanol–water partition coefficient (Wildman–Crippen LogP) is 0.826. The first-order valence-corrected chi connectivity index (χ1v) is 9.96. The molecule has 0 atom stereocenters. The van der Waals surface area contributed by atoms with Crippen molar-refractivity contribution in [1.82, 2.24) is 14.1 Å². The van der Waals surface area contributed by atoms with Gasteiger partial charge in [0.25, 0.3) is 0 Å². The van der Waals surface area contributed by atoms with E-state index in [2.05, 4.69) is 10.8 Å². The van der Waals surface area contributed by atoms with Crippen molar-refractivity contribution in [1.29, 1.82) is 0 Å². The topological polar surface area (TPSA) is 120 Å². The summed E-state index contributed by atoms with van der Waals surface area (Å²) < 4.78 is 40.4. The molecule has 4 N–H and O–H groups in total. The molecule has 0 saturated heterocycles. The third kappa shape index (κ3) is 4.64. The number of hydrogen-bond donors (Lipinski definition) is 2. The number of quaternary nitrogens is 1. The fourth-order valence-electron chi connectivity index (χ4n) is 2.74. The van der Waals surface area contributed by atoms with Crippen molar-refractivity contribution in [3.8, 4) is 0 Å². The molecule has 0 aliphatic heterocycles. The number of hydrogen-bond acceptors (Lipinski definition) is 4. The molecule has 1 aromatic carbocycles. The van der Waals surface area contributed by atoms with Crippen molar-refractivity contribution >= 4 is 16.0 Å². The standard InChI is InChI=1S/C18H23FN4O4S/c1-12-16(17(18(24)25)23(21-12)11-14(19)8-9-20)10-13-4-6-15(7-5-13)28(26,27)22(2)3/h4-8H,9-11,20H2,1-3H3,(H,24,25)/p+1. The maximum Gasteiger partial charge on any atom is 0.354 e. The smallest absolute Gasteiger partial charge is 0.354 e. The van der Waals surface area contributed by atoms with Crippen molar-refractivity contribution in [3.05, 3.63) is 58.7 Å². The molecule has 1 heterocycles. The van der Waals surface area contributed by atoms with Crippen molar-refractivity contribution in [2.75, 3.05) is 20.6 Å². The zero-order valence-electron chi connectivity index (χ0n) is 16.0. The Labute approximate surface area is 163 Å². The fourth-order valence-corrected chi connectivity index (χ4v) is 3.64. The Bertz CT molecular complexity index is 995. The Morgan fingerprint density at radius 3 is 2.43 bits per heavy atom. The number of carboxylic acids is 1. The first-order valence-electron chi connectivity index (χ1n) is 8.52. The minimum absolute atomic E-state index is 0.0879. The summed E-state index contributed by atoms with van der Waals surface area (Å²) in [5.74, 6) is -1.71. The Balaban J connectivity index is 2.37. The van der Waals surface area contributed by atoms with Crippen LogP contribution in [-0.2, 0) is 23.0 Å². The quantitative estimate of drug-likeness (QED) is 0.667. The average molecular weight is 411 g/mol. The Morgan fingerprint density at radius 2 is 1.93 bits per heavy atom. The summed E-state index contributed by atoms with van der Waals surface area (Å²) >= 11 is 0. The molecule has 0 fully saturated rings. The maximum atomic E-state index is 13.8. The van der Waals surface area contributed by atoms with E-state index in [0.29, 0.717) is 11.3 Å². The molecule has 8 nitrogen and oxygen atoms in total. The molecular formula is C18H24FN4O4S+. The number of nitrogens with zero attached hydrogens (tertiary/aromatic N) is 3. The average Bonchev–Trinajstić information content (AvgIpc) is 2.90. The van der Waals surface area contributed by atoms with Crippen LogP contribution in [0.25, 0.3) is 0 Å². The van der Waals surface area contributed by atoms with Crippen molar-refractivity contribution in [3.63, 3.8) is 0 Å². The van der Waals surface area contributed by atoms with Gasteiger partial charge < -0.3 is 10.8 Å². The second kappa shape index (κ2) is 8.63. The number of aryl methyl sites for hydroxylation is 1. The lowest BCUT2D eigenvalue weighted by Gasteiger charge is -2.11. The molecule has 152 valence electrons. The van der Waals surface area contributed by atoms with E-state index in [0.717, 1.165) is 14.6 Å². The molecule has 2 rings (SSSR count). The summed E-state index contributed by atoms with van der Waals surface area (Å²) in [5, 5.41) is 13.8. The summed E-state index contributed by atoms with van der Waals surface area (Å²) in [6.45, 7) is 1.63. The number of sulfonamides is 1. The highest BCUT2D eigenvalue weighted by Gasteiger charge is 2.22. The minimum atomic E-state index is -3.54. The highest BCUT2D eigenvalue weighted by atomic mass is 32.2. The van der Waals surface area contributed by atoms with Gasteiger partial charge in [0, 0.05) is 32.2 Å². The Morgan fingerprint density at radius 1 is 1.32 bits per heavy atom. The van der Waals surface area contributed by atoms with Gasteiger partial charge in [0.1, 0.15) is 5.83 Å². The van der Waals surface area contributed by atoms with Crippen molar-refractivity contribution in [2.24, 2.45) is 0 Å². The third-order valence-electron chi connectivity index (χ3n) is 4.20. The van der Waals surface area contributed by atoms with E-state index in [1.807, 2.05) is 0 Å². The first kappa shape index (κ1) is 21.7. The number of carbonyl (C=O) groups is 1. The van der Waals surface area contributed by atoms with Crippen LogP contribution < -0.4 is 5.73 Å². The van der Waals surface area contributed by atoms with E-state index in [1.165, 1.54) is 32.3 Å². The second-order valence-corrected chi connectivity index (χ2v) is 8.58.